The second-order valence-corrected chi connectivity index (χ2v) is 4.01. The van der Waals surface area contributed by atoms with Gasteiger partial charge in [0.2, 0.25) is 0 Å². The van der Waals surface area contributed by atoms with Crippen LogP contribution in [-0.4, -0.2) is 11.7 Å². The Morgan fingerprint density at radius 3 is 2.00 bits per heavy atom. The molecule has 1 aromatic rings. The fourth-order valence-electron chi connectivity index (χ4n) is 0.814. The monoisotopic (exact) mass is 220 g/mol. The zero-order valence-corrected chi connectivity index (χ0v) is 9.73. The van der Waals surface area contributed by atoms with E-state index in [1.54, 1.807) is 32.9 Å². The summed E-state index contributed by atoms with van der Waals surface area (Å²) in [5.74, 6) is 0. The number of carbonyl (C=O) groups excluding carboxylic acids is 1. The SMILES string of the molecule is CC(C)(C)OC(N)=O.N#Cc1ccccc1. The van der Waals surface area contributed by atoms with E-state index in [1.807, 2.05) is 24.3 Å². The zero-order valence-electron chi connectivity index (χ0n) is 9.73. The molecule has 0 aliphatic carbocycles. The maximum absolute atomic E-state index is 10.0. The Bertz CT molecular complexity index is 361. The van der Waals surface area contributed by atoms with Crippen molar-refractivity contribution in [1.82, 2.24) is 0 Å². The average molecular weight is 220 g/mol. The van der Waals surface area contributed by atoms with E-state index >= 15 is 0 Å². The highest BCUT2D eigenvalue weighted by molar-refractivity contribution is 5.65. The lowest BCUT2D eigenvalue weighted by Crippen LogP contribution is -2.27. The van der Waals surface area contributed by atoms with Crippen molar-refractivity contribution in [2.24, 2.45) is 5.73 Å². The number of nitriles is 1. The highest BCUT2D eigenvalue weighted by Crippen LogP contribution is 2.04. The smallest absolute Gasteiger partial charge is 0.405 e. The van der Waals surface area contributed by atoms with E-state index in [-0.39, 0.29) is 0 Å². The molecule has 4 nitrogen and oxygen atoms in total. The predicted octanol–water partition coefficient (Wildman–Crippen LogP) is 2.44. The molecule has 86 valence electrons. The van der Waals surface area contributed by atoms with Crippen molar-refractivity contribution in [2.45, 2.75) is 26.4 Å². The van der Waals surface area contributed by atoms with Crippen LogP contribution in [0.5, 0.6) is 0 Å². The second-order valence-electron chi connectivity index (χ2n) is 4.01. The molecular weight excluding hydrogens is 204 g/mol. The normalized spacial score (nSPS) is 9.38. The van der Waals surface area contributed by atoms with Crippen molar-refractivity contribution in [2.75, 3.05) is 0 Å². The van der Waals surface area contributed by atoms with Crippen LogP contribution in [0.4, 0.5) is 4.79 Å². The Hall–Kier alpha value is -2.02. The number of benzene rings is 1. The van der Waals surface area contributed by atoms with Gasteiger partial charge in [0.25, 0.3) is 0 Å². The van der Waals surface area contributed by atoms with Crippen LogP contribution in [-0.2, 0) is 4.74 Å². The third-order valence-electron chi connectivity index (χ3n) is 1.31. The molecule has 0 heterocycles. The van der Waals surface area contributed by atoms with Gasteiger partial charge in [-0.3, -0.25) is 0 Å². The minimum atomic E-state index is -0.725. The summed E-state index contributed by atoms with van der Waals surface area (Å²) < 4.78 is 4.58. The van der Waals surface area contributed by atoms with Crippen molar-refractivity contribution in [3.8, 4) is 6.07 Å². The van der Waals surface area contributed by atoms with E-state index in [0.717, 1.165) is 0 Å². The molecule has 0 aliphatic heterocycles. The summed E-state index contributed by atoms with van der Waals surface area (Å²) in [5.41, 5.74) is 4.98. The molecule has 0 bridgehead atoms. The van der Waals surface area contributed by atoms with E-state index in [2.05, 4.69) is 4.74 Å². The summed E-state index contributed by atoms with van der Waals surface area (Å²) in [6.07, 6.45) is -0.725. The zero-order chi connectivity index (χ0) is 12.6. The van der Waals surface area contributed by atoms with Crippen molar-refractivity contribution < 1.29 is 9.53 Å². The Morgan fingerprint density at radius 1 is 1.31 bits per heavy atom. The molecule has 1 rings (SSSR count). The highest BCUT2D eigenvalue weighted by atomic mass is 16.6. The summed E-state index contributed by atoms with van der Waals surface area (Å²) in [7, 11) is 0. The second kappa shape index (κ2) is 6.46. The van der Waals surface area contributed by atoms with Gasteiger partial charge in [-0.05, 0) is 32.9 Å². The first-order chi connectivity index (χ1) is 7.35. The van der Waals surface area contributed by atoms with Crippen molar-refractivity contribution >= 4 is 6.09 Å². The topological polar surface area (TPSA) is 76.1 Å². The Morgan fingerprint density at radius 2 is 1.81 bits per heavy atom. The Kier molecular flexibility index (Phi) is 5.65. The first-order valence-corrected chi connectivity index (χ1v) is 4.79. The number of nitrogens with zero attached hydrogens (tertiary/aromatic N) is 1. The van der Waals surface area contributed by atoms with Gasteiger partial charge in [0.15, 0.2) is 0 Å². The number of hydrogen-bond donors (Lipinski definition) is 1. The maximum Gasteiger partial charge on any atom is 0.405 e. The number of carbonyl (C=O) groups is 1. The van der Waals surface area contributed by atoms with Gasteiger partial charge >= 0.3 is 6.09 Å². The molecule has 0 radical (unpaired) electrons. The summed E-state index contributed by atoms with van der Waals surface area (Å²) in [6, 6.07) is 11.2. The van der Waals surface area contributed by atoms with Gasteiger partial charge in [0.1, 0.15) is 5.60 Å². The highest BCUT2D eigenvalue weighted by Gasteiger charge is 2.12. The summed E-state index contributed by atoms with van der Waals surface area (Å²) in [5, 5.41) is 8.29. The molecule has 1 amide bonds. The predicted molar refractivity (Wildman–Crippen MR) is 61.6 cm³/mol. The number of ether oxygens (including phenoxy) is 1. The fraction of sp³-hybridized carbons (Fsp3) is 0.333. The van der Waals surface area contributed by atoms with Crippen molar-refractivity contribution in [1.29, 1.82) is 5.26 Å². The number of hydrogen-bond acceptors (Lipinski definition) is 3. The van der Waals surface area contributed by atoms with Crippen LogP contribution in [0.15, 0.2) is 30.3 Å². The Labute approximate surface area is 95.6 Å². The molecule has 0 spiro atoms. The van der Waals surface area contributed by atoms with Crippen LogP contribution in [0.1, 0.15) is 26.3 Å². The third-order valence-corrected chi connectivity index (χ3v) is 1.31. The van der Waals surface area contributed by atoms with Crippen LogP contribution < -0.4 is 5.73 Å². The van der Waals surface area contributed by atoms with Crippen LogP contribution in [0.25, 0.3) is 0 Å². The molecule has 1 aromatic carbocycles. The molecule has 16 heavy (non-hydrogen) atoms. The average Bonchev–Trinajstić information content (AvgIpc) is 2.16. The van der Waals surface area contributed by atoms with Crippen LogP contribution in [0.3, 0.4) is 0 Å². The first kappa shape index (κ1) is 14.0. The molecular formula is C12H16N2O2. The lowest BCUT2D eigenvalue weighted by Gasteiger charge is -2.16. The third kappa shape index (κ3) is 8.57. The van der Waals surface area contributed by atoms with Gasteiger partial charge < -0.3 is 10.5 Å². The summed E-state index contributed by atoms with van der Waals surface area (Å²) in [4.78, 5) is 10.0. The summed E-state index contributed by atoms with van der Waals surface area (Å²) >= 11 is 0. The maximum atomic E-state index is 10.0. The van der Waals surface area contributed by atoms with E-state index in [1.165, 1.54) is 0 Å². The molecule has 4 heteroatoms. The quantitative estimate of drug-likeness (QED) is 0.729. The van der Waals surface area contributed by atoms with E-state index in [9.17, 15) is 4.79 Å². The van der Waals surface area contributed by atoms with Gasteiger partial charge in [-0.15, -0.1) is 0 Å². The van der Waals surface area contributed by atoms with Crippen LogP contribution >= 0.6 is 0 Å². The van der Waals surface area contributed by atoms with Crippen LogP contribution in [0, 0.1) is 11.3 Å². The van der Waals surface area contributed by atoms with Crippen molar-refractivity contribution in [3.05, 3.63) is 35.9 Å². The standard InChI is InChI=1S/C7H5N.C5H11NO2/c8-6-7-4-2-1-3-5-7;1-5(2,3)8-4(6)7/h1-5H;1-3H3,(H2,6,7). The fourth-order valence-corrected chi connectivity index (χ4v) is 0.814. The van der Waals surface area contributed by atoms with Crippen LogP contribution in [0.2, 0.25) is 0 Å². The number of nitrogens with two attached hydrogens (primary N) is 1. The minimum absolute atomic E-state index is 0.453. The van der Waals surface area contributed by atoms with Gasteiger partial charge in [-0.25, -0.2) is 4.79 Å². The van der Waals surface area contributed by atoms with E-state index < -0.39 is 11.7 Å². The minimum Gasteiger partial charge on any atom is -0.444 e. The van der Waals surface area contributed by atoms with Gasteiger partial charge in [-0.2, -0.15) is 5.26 Å². The lowest BCUT2D eigenvalue weighted by atomic mass is 10.2. The molecule has 0 aromatic heterocycles. The van der Waals surface area contributed by atoms with E-state index in [0.29, 0.717) is 5.56 Å². The van der Waals surface area contributed by atoms with Gasteiger partial charge in [-0.1, -0.05) is 18.2 Å². The largest absolute Gasteiger partial charge is 0.444 e. The van der Waals surface area contributed by atoms with E-state index in [4.69, 9.17) is 11.0 Å². The molecule has 2 N–H and O–H groups in total. The Balaban J connectivity index is 0.000000281. The first-order valence-electron chi connectivity index (χ1n) is 4.79. The number of rotatable bonds is 0. The molecule has 0 fully saturated rings. The molecule has 0 unspecified atom stereocenters. The lowest BCUT2D eigenvalue weighted by molar-refractivity contribution is 0.0600. The number of amides is 1. The van der Waals surface area contributed by atoms with Gasteiger partial charge in [0.05, 0.1) is 11.6 Å². The molecule has 0 atom stereocenters. The number of primary amides is 1. The molecule has 0 saturated heterocycles. The molecule has 0 saturated carbocycles. The van der Waals surface area contributed by atoms with Crippen molar-refractivity contribution in [3.63, 3.8) is 0 Å². The van der Waals surface area contributed by atoms with Gasteiger partial charge in [0, 0.05) is 0 Å². The molecule has 0 aliphatic rings. The summed E-state index contributed by atoms with van der Waals surface area (Å²) in [6.45, 7) is 5.28.